The number of hydrogen-bond donors (Lipinski definition) is 1. The van der Waals surface area contributed by atoms with Gasteiger partial charge < -0.3 is 4.74 Å². The summed E-state index contributed by atoms with van der Waals surface area (Å²) in [4.78, 5) is 12.2. The zero-order valence-electron chi connectivity index (χ0n) is 15.5. The van der Waals surface area contributed by atoms with Gasteiger partial charge in [-0.05, 0) is 42.0 Å². The van der Waals surface area contributed by atoms with Gasteiger partial charge in [-0.1, -0.05) is 35.1 Å². The average molecular weight is 453 g/mol. The monoisotopic (exact) mass is 452 g/mol. The van der Waals surface area contributed by atoms with Crippen molar-refractivity contribution in [2.24, 2.45) is 0 Å². The number of aromatic nitrogens is 2. The van der Waals surface area contributed by atoms with Crippen LogP contribution in [-0.2, 0) is 16.6 Å². The summed E-state index contributed by atoms with van der Waals surface area (Å²) in [6.45, 7) is 0.151. The van der Waals surface area contributed by atoms with Crippen LogP contribution >= 0.6 is 22.9 Å². The van der Waals surface area contributed by atoms with Crippen LogP contribution in [0.2, 0.25) is 5.02 Å². The number of carbonyl (C=O) groups is 1. The van der Waals surface area contributed by atoms with E-state index in [4.69, 9.17) is 16.3 Å². The summed E-state index contributed by atoms with van der Waals surface area (Å²) in [5.74, 6) is 0.248. The molecule has 1 N–H and O–H groups in total. The molecular formula is C18H17ClN4O4S2. The van der Waals surface area contributed by atoms with Crippen LogP contribution < -0.4 is 10.1 Å². The standard InChI is InChI=1S/C18H17ClN4O4S2/c1-23(11-12-3-9-15(27-2)10-4-12)29(25,26)18-22-21-17(28-18)20-16(24)13-5-7-14(19)8-6-13/h3-10H,11H2,1-2H3,(H,20,21,24). The first kappa shape index (κ1) is 21.2. The summed E-state index contributed by atoms with van der Waals surface area (Å²) in [6, 6.07) is 13.3. The summed E-state index contributed by atoms with van der Waals surface area (Å²) >= 11 is 6.58. The van der Waals surface area contributed by atoms with E-state index >= 15 is 0 Å². The molecule has 11 heteroatoms. The molecule has 152 valence electrons. The van der Waals surface area contributed by atoms with E-state index in [2.05, 4.69) is 15.5 Å². The molecule has 0 unspecified atom stereocenters. The van der Waals surface area contributed by atoms with E-state index < -0.39 is 15.9 Å². The van der Waals surface area contributed by atoms with E-state index in [-0.39, 0.29) is 16.0 Å². The molecule has 3 rings (SSSR count). The lowest BCUT2D eigenvalue weighted by Gasteiger charge is -2.15. The maximum Gasteiger partial charge on any atom is 0.272 e. The molecule has 0 saturated carbocycles. The second-order valence-electron chi connectivity index (χ2n) is 5.94. The first-order chi connectivity index (χ1) is 13.8. The Morgan fingerprint density at radius 1 is 1.14 bits per heavy atom. The van der Waals surface area contributed by atoms with Crippen molar-refractivity contribution in [1.82, 2.24) is 14.5 Å². The Hall–Kier alpha value is -2.53. The third-order valence-corrected chi connectivity index (χ3v) is 7.17. The summed E-state index contributed by atoms with van der Waals surface area (Å²) in [7, 11) is -0.849. The second kappa shape index (κ2) is 8.87. The number of halogens is 1. The Labute approximate surface area is 177 Å². The number of hydrogen-bond acceptors (Lipinski definition) is 7. The molecule has 8 nitrogen and oxygen atoms in total. The van der Waals surface area contributed by atoms with Crippen LogP contribution in [-0.4, -0.2) is 43.0 Å². The Morgan fingerprint density at radius 3 is 2.41 bits per heavy atom. The van der Waals surface area contributed by atoms with Gasteiger partial charge in [0, 0.05) is 24.2 Å². The average Bonchev–Trinajstić information content (AvgIpc) is 3.18. The summed E-state index contributed by atoms with van der Waals surface area (Å²) in [6.07, 6.45) is 0. The number of benzene rings is 2. The van der Waals surface area contributed by atoms with E-state index in [1.54, 1.807) is 55.6 Å². The predicted molar refractivity (Wildman–Crippen MR) is 111 cm³/mol. The van der Waals surface area contributed by atoms with Crippen molar-refractivity contribution in [2.45, 2.75) is 10.9 Å². The van der Waals surface area contributed by atoms with Gasteiger partial charge in [0.2, 0.25) is 9.47 Å². The summed E-state index contributed by atoms with van der Waals surface area (Å²) < 4.78 is 31.5. The minimum atomic E-state index is -3.86. The van der Waals surface area contributed by atoms with Gasteiger partial charge in [-0.3, -0.25) is 10.1 Å². The molecular weight excluding hydrogens is 436 g/mol. The number of amides is 1. The normalized spacial score (nSPS) is 11.4. The lowest BCUT2D eigenvalue weighted by molar-refractivity contribution is 0.102. The molecule has 3 aromatic rings. The van der Waals surface area contributed by atoms with Gasteiger partial charge in [0.25, 0.3) is 15.9 Å². The zero-order chi connectivity index (χ0) is 21.0. The van der Waals surface area contributed by atoms with Crippen molar-refractivity contribution in [2.75, 3.05) is 19.5 Å². The molecule has 0 radical (unpaired) electrons. The summed E-state index contributed by atoms with van der Waals surface area (Å²) in [5.41, 5.74) is 1.16. The molecule has 0 aliphatic carbocycles. The molecule has 29 heavy (non-hydrogen) atoms. The smallest absolute Gasteiger partial charge is 0.272 e. The predicted octanol–water partition coefficient (Wildman–Crippen LogP) is 3.27. The van der Waals surface area contributed by atoms with Gasteiger partial charge in [-0.15, -0.1) is 10.2 Å². The number of rotatable bonds is 7. The lowest BCUT2D eigenvalue weighted by Crippen LogP contribution is -2.26. The molecule has 0 saturated heterocycles. The fourth-order valence-corrected chi connectivity index (χ4v) is 4.71. The Balaban J connectivity index is 1.70. The van der Waals surface area contributed by atoms with Gasteiger partial charge in [-0.25, -0.2) is 8.42 Å². The number of sulfonamides is 1. The van der Waals surface area contributed by atoms with Crippen molar-refractivity contribution < 1.29 is 17.9 Å². The number of nitrogens with one attached hydrogen (secondary N) is 1. The molecule has 0 spiro atoms. The van der Waals surface area contributed by atoms with E-state index in [0.717, 1.165) is 16.9 Å². The molecule has 0 atom stereocenters. The Bertz CT molecular complexity index is 1100. The topological polar surface area (TPSA) is 101 Å². The minimum Gasteiger partial charge on any atom is -0.497 e. The van der Waals surface area contributed by atoms with Gasteiger partial charge in [-0.2, -0.15) is 4.31 Å². The first-order valence-electron chi connectivity index (χ1n) is 8.29. The highest BCUT2D eigenvalue weighted by atomic mass is 35.5. The van der Waals surface area contributed by atoms with Gasteiger partial charge >= 0.3 is 0 Å². The van der Waals surface area contributed by atoms with Crippen LogP contribution in [0.4, 0.5) is 5.13 Å². The van der Waals surface area contributed by atoms with Crippen molar-refractivity contribution in [1.29, 1.82) is 0 Å². The van der Waals surface area contributed by atoms with Crippen molar-refractivity contribution >= 4 is 44.0 Å². The van der Waals surface area contributed by atoms with Crippen LogP contribution in [0.15, 0.2) is 52.9 Å². The van der Waals surface area contributed by atoms with E-state index in [0.29, 0.717) is 16.3 Å². The number of nitrogens with zero attached hydrogens (tertiary/aromatic N) is 3. The molecule has 0 aliphatic heterocycles. The van der Waals surface area contributed by atoms with E-state index in [1.807, 2.05) is 0 Å². The van der Waals surface area contributed by atoms with Gasteiger partial charge in [0.1, 0.15) is 5.75 Å². The van der Waals surface area contributed by atoms with Crippen LogP contribution in [0.25, 0.3) is 0 Å². The SMILES string of the molecule is COc1ccc(CN(C)S(=O)(=O)c2nnc(NC(=O)c3ccc(Cl)cc3)s2)cc1. The largest absolute Gasteiger partial charge is 0.497 e. The molecule has 0 aliphatic rings. The van der Waals surface area contributed by atoms with Gasteiger partial charge in [0.05, 0.1) is 7.11 Å². The van der Waals surface area contributed by atoms with E-state index in [1.165, 1.54) is 11.4 Å². The van der Waals surface area contributed by atoms with Crippen molar-refractivity contribution in [3.8, 4) is 5.75 Å². The maximum atomic E-state index is 12.7. The number of ether oxygens (including phenoxy) is 1. The minimum absolute atomic E-state index is 0.0846. The van der Waals surface area contributed by atoms with Crippen LogP contribution in [0.1, 0.15) is 15.9 Å². The molecule has 2 aromatic carbocycles. The van der Waals surface area contributed by atoms with E-state index in [9.17, 15) is 13.2 Å². The maximum absolute atomic E-state index is 12.7. The molecule has 0 fully saturated rings. The molecule has 1 aromatic heterocycles. The number of anilines is 1. The van der Waals surface area contributed by atoms with Gasteiger partial charge in [0.15, 0.2) is 0 Å². The first-order valence-corrected chi connectivity index (χ1v) is 10.9. The quantitative estimate of drug-likeness (QED) is 0.552. The highest BCUT2D eigenvalue weighted by Gasteiger charge is 2.26. The number of carbonyl (C=O) groups excluding carboxylic acids is 1. The van der Waals surface area contributed by atoms with Crippen LogP contribution in [0, 0.1) is 0 Å². The van der Waals surface area contributed by atoms with Crippen molar-refractivity contribution in [3.05, 3.63) is 64.7 Å². The molecule has 1 amide bonds. The molecule has 1 heterocycles. The third-order valence-electron chi connectivity index (χ3n) is 3.93. The lowest BCUT2D eigenvalue weighted by atomic mass is 10.2. The van der Waals surface area contributed by atoms with Crippen molar-refractivity contribution in [3.63, 3.8) is 0 Å². The fourth-order valence-electron chi connectivity index (χ4n) is 2.34. The molecule has 0 bridgehead atoms. The fraction of sp³-hybridized carbons (Fsp3) is 0.167. The second-order valence-corrected chi connectivity index (χ2v) is 9.58. The number of methoxy groups -OCH3 is 1. The highest BCUT2D eigenvalue weighted by molar-refractivity contribution is 7.91. The van der Waals surface area contributed by atoms with Crippen LogP contribution in [0.5, 0.6) is 5.75 Å². The zero-order valence-corrected chi connectivity index (χ0v) is 17.9. The Kier molecular flexibility index (Phi) is 6.48. The Morgan fingerprint density at radius 2 is 1.79 bits per heavy atom. The summed E-state index contributed by atoms with van der Waals surface area (Å²) in [5, 5.41) is 10.6. The highest BCUT2D eigenvalue weighted by Crippen LogP contribution is 2.24. The third kappa shape index (κ3) is 5.10. The van der Waals surface area contributed by atoms with Crippen LogP contribution in [0.3, 0.4) is 0 Å².